The minimum absolute atomic E-state index is 0.0908. The molecule has 2 rings (SSSR count). The molecule has 0 radical (unpaired) electrons. The first-order chi connectivity index (χ1) is 8.47. The van der Waals surface area contributed by atoms with Gasteiger partial charge in [-0.25, -0.2) is 9.97 Å². The van der Waals surface area contributed by atoms with E-state index in [1.54, 1.807) is 0 Å². The fraction of sp³-hybridized carbons (Fsp3) is 0.692. The van der Waals surface area contributed by atoms with Crippen LogP contribution in [0.25, 0.3) is 0 Å². The first-order valence-corrected chi connectivity index (χ1v) is 6.44. The third kappa shape index (κ3) is 3.10. The Morgan fingerprint density at radius 3 is 2.72 bits per heavy atom. The fourth-order valence-corrected chi connectivity index (χ4v) is 1.93. The lowest BCUT2D eigenvalue weighted by atomic mass is 9.96. The van der Waals surface area contributed by atoms with E-state index in [9.17, 15) is 0 Å². The van der Waals surface area contributed by atoms with Gasteiger partial charge in [0.15, 0.2) is 0 Å². The van der Waals surface area contributed by atoms with Crippen LogP contribution >= 0.6 is 0 Å². The second kappa shape index (κ2) is 5.10. The molecule has 100 valence electrons. The number of nitrogens with two attached hydrogens (primary N) is 1. The van der Waals surface area contributed by atoms with E-state index in [1.807, 2.05) is 6.07 Å². The highest BCUT2D eigenvalue weighted by Crippen LogP contribution is 2.23. The Morgan fingerprint density at radius 1 is 1.22 bits per heavy atom. The predicted molar refractivity (Wildman–Crippen MR) is 72.8 cm³/mol. The van der Waals surface area contributed by atoms with Gasteiger partial charge in [0.05, 0.1) is 6.61 Å². The van der Waals surface area contributed by atoms with Crippen LogP contribution in [0.15, 0.2) is 6.07 Å². The van der Waals surface area contributed by atoms with Crippen molar-refractivity contribution in [3.05, 3.63) is 11.9 Å². The molecule has 1 aromatic rings. The van der Waals surface area contributed by atoms with E-state index in [0.717, 1.165) is 44.4 Å². The van der Waals surface area contributed by atoms with Gasteiger partial charge in [-0.3, -0.25) is 0 Å². The summed E-state index contributed by atoms with van der Waals surface area (Å²) in [7, 11) is 0. The molecular formula is C13H22N4O. The molecule has 0 bridgehead atoms. The van der Waals surface area contributed by atoms with Crippen molar-refractivity contribution in [2.75, 3.05) is 36.9 Å². The molecule has 1 fully saturated rings. The summed E-state index contributed by atoms with van der Waals surface area (Å²) in [6, 6.07) is 1.85. The standard InChI is InChI=1S/C13H22N4O/c1-13(2,3)12-15-10(14)9-11(16-12)17-5-4-7-18-8-6-17/h9H,4-8H2,1-3H3,(H2,14,15,16). The van der Waals surface area contributed by atoms with Crippen molar-refractivity contribution < 1.29 is 4.74 Å². The number of nitrogens with zero attached hydrogens (tertiary/aromatic N) is 3. The minimum Gasteiger partial charge on any atom is -0.384 e. The highest BCUT2D eigenvalue weighted by Gasteiger charge is 2.20. The summed E-state index contributed by atoms with van der Waals surface area (Å²) < 4.78 is 5.46. The molecule has 5 heteroatoms. The smallest absolute Gasteiger partial charge is 0.138 e. The minimum atomic E-state index is -0.0908. The lowest BCUT2D eigenvalue weighted by molar-refractivity contribution is 0.152. The predicted octanol–water partition coefficient (Wildman–Crippen LogP) is 1.58. The van der Waals surface area contributed by atoms with Gasteiger partial charge in [-0.15, -0.1) is 0 Å². The number of hydrogen-bond donors (Lipinski definition) is 1. The van der Waals surface area contributed by atoms with Crippen LogP contribution in [0.5, 0.6) is 0 Å². The summed E-state index contributed by atoms with van der Waals surface area (Å²) in [6.45, 7) is 9.67. The molecule has 1 aliphatic rings. The van der Waals surface area contributed by atoms with Crippen molar-refractivity contribution in [1.29, 1.82) is 0 Å². The highest BCUT2D eigenvalue weighted by atomic mass is 16.5. The van der Waals surface area contributed by atoms with Crippen molar-refractivity contribution in [3.8, 4) is 0 Å². The van der Waals surface area contributed by atoms with E-state index in [-0.39, 0.29) is 5.41 Å². The molecule has 1 saturated heterocycles. The molecule has 2 heterocycles. The van der Waals surface area contributed by atoms with Gasteiger partial charge >= 0.3 is 0 Å². The summed E-state index contributed by atoms with van der Waals surface area (Å²) in [5.41, 5.74) is 5.80. The summed E-state index contributed by atoms with van der Waals surface area (Å²) >= 11 is 0. The Labute approximate surface area is 108 Å². The molecule has 0 saturated carbocycles. The van der Waals surface area contributed by atoms with Gasteiger partial charge in [0, 0.05) is 31.2 Å². The summed E-state index contributed by atoms with van der Waals surface area (Å²) in [6.07, 6.45) is 1.02. The Morgan fingerprint density at radius 2 is 2.00 bits per heavy atom. The number of hydrogen-bond acceptors (Lipinski definition) is 5. The number of ether oxygens (including phenoxy) is 1. The molecule has 0 aromatic carbocycles. The van der Waals surface area contributed by atoms with Crippen LogP contribution in [-0.4, -0.2) is 36.3 Å². The third-order valence-electron chi connectivity index (χ3n) is 2.95. The molecule has 2 N–H and O–H groups in total. The second-order valence-corrected chi connectivity index (χ2v) is 5.68. The molecule has 0 spiro atoms. The third-order valence-corrected chi connectivity index (χ3v) is 2.95. The zero-order valence-electron chi connectivity index (χ0n) is 11.4. The second-order valence-electron chi connectivity index (χ2n) is 5.68. The van der Waals surface area contributed by atoms with Crippen molar-refractivity contribution in [2.45, 2.75) is 32.6 Å². The average molecular weight is 250 g/mol. The van der Waals surface area contributed by atoms with Crippen molar-refractivity contribution in [2.24, 2.45) is 0 Å². The summed E-state index contributed by atoms with van der Waals surface area (Å²) in [4.78, 5) is 11.2. The van der Waals surface area contributed by atoms with Crippen LogP contribution in [0.1, 0.15) is 33.0 Å². The van der Waals surface area contributed by atoms with E-state index in [2.05, 4.69) is 35.6 Å². The van der Waals surface area contributed by atoms with E-state index >= 15 is 0 Å². The average Bonchev–Trinajstić information content (AvgIpc) is 2.55. The number of aromatic nitrogens is 2. The van der Waals surface area contributed by atoms with Crippen molar-refractivity contribution in [1.82, 2.24) is 9.97 Å². The van der Waals surface area contributed by atoms with Gasteiger partial charge in [-0.2, -0.15) is 0 Å². The quantitative estimate of drug-likeness (QED) is 0.820. The van der Waals surface area contributed by atoms with Crippen LogP contribution in [0, 0.1) is 0 Å². The molecule has 18 heavy (non-hydrogen) atoms. The molecule has 1 aromatic heterocycles. The number of anilines is 2. The van der Waals surface area contributed by atoms with Crippen LogP contribution < -0.4 is 10.6 Å². The zero-order chi connectivity index (χ0) is 13.2. The van der Waals surface area contributed by atoms with Crippen molar-refractivity contribution in [3.63, 3.8) is 0 Å². The first-order valence-electron chi connectivity index (χ1n) is 6.44. The molecule has 0 amide bonds. The maximum Gasteiger partial charge on any atom is 0.138 e. The van der Waals surface area contributed by atoms with Crippen LogP contribution in [0.2, 0.25) is 0 Å². The fourth-order valence-electron chi connectivity index (χ4n) is 1.93. The van der Waals surface area contributed by atoms with Gasteiger partial charge in [0.1, 0.15) is 17.5 Å². The maximum absolute atomic E-state index is 5.89. The SMILES string of the molecule is CC(C)(C)c1nc(N)cc(N2CCCOCC2)n1. The normalized spacial score (nSPS) is 17.6. The molecule has 0 aliphatic carbocycles. The molecule has 1 aliphatic heterocycles. The summed E-state index contributed by atoms with van der Waals surface area (Å²) in [5, 5.41) is 0. The molecule has 0 unspecified atom stereocenters. The Kier molecular flexibility index (Phi) is 3.71. The van der Waals surface area contributed by atoms with Gasteiger partial charge in [-0.1, -0.05) is 20.8 Å². The van der Waals surface area contributed by atoms with Gasteiger partial charge in [0.2, 0.25) is 0 Å². The summed E-state index contributed by atoms with van der Waals surface area (Å²) in [5.74, 6) is 2.25. The largest absolute Gasteiger partial charge is 0.384 e. The first kappa shape index (κ1) is 13.1. The number of rotatable bonds is 1. The maximum atomic E-state index is 5.89. The molecule has 0 atom stereocenters. The van der Waals surface area contributed by atoms with Gasteiger partial charge in [0.25, 0.3) is 0 Å². The van der Waals surface area contributed by atoms with Gasteiger partial charge in [-0.05, 0) is 6.42 Å². The topological polar surface area (TPSA) is 64.3 Å². The Balaban J connectivity index is 2.29. The van der Waals surface area contributed by atoms with Crippen LogP contribution in [0.4, 0.5) is 11.6 Å². The molecule has 5 nitrogen and oxygen atoms in total. The van der Waals surface area contributed by atoms with Gasteiger partial charge < -0.3 is 15.4 Å². The highest BCUT2D eigenvalue weighted by molar-refractivity contribution is 5.47. The van der Waals surface area contributed by atoms with Crippen LogP contribution in [-0.2, 0) is 10.2 Å². The Bertz CT molecular complexity index is 406. The van der Waals surface area contributed by atoms with E-state index < -0.39 is 0 Å². The van der Waals surface area contributed by atoms with E-state index in [1.165, 1.54) is 0 Å². The van der Waals surface area contributed by atoms with Crippen LogP contribution in [0.3, 0.4) is 0 Å². The molecular weight excluding hydrogens is 228 g/mol. The monoisotopic (exact) mass is 250 g/mol. The zero-order valence-corrected chi connectivity index (χ0v) is 11.4. The lowest BCUT2D eigenvalue weighted by Gasteiger charge is -2.24. The van der Waals surface area contributed by atoms with Crippen molar-refractivity contribution >= 4 is 11.6 Å². The lowest BCUT2D eigenvalue weighted by Crippen LogP contribution is -2.28. The number of nitrogen functional groups attached to an aromatic ring is 1. The van der Waals surface area contributed by atoms with E-state index in [4.69, 9.17) is 10.5 Å². The Hall–Kier alpha value is -1.36. The van der Waals surface area contributed by atoms with E-state index in [0.29, 0.717) is 5.82 Å².